The summed E-state index contributed by atoms with van der Waals surface area (Å²) in [5, 5.41) is 15.1. The number of likely N-dealkylation sites (tertiary alicyclic amines) is 1. The van der Waals surface area contributed by atoms with Gasteiger partial charge in [-0.25, -0.2) is 13.9 Å². The van der Waals surface area contributed by atoms with Crippen LogP contribution < -0.4 is 20.3 Å². The number of carbonyl (C=O) groups excluding carboxylic acids is 5. The molecule has 1 unspecified atom stereocenters. The van der Waals surface area contributed by atoms with E-state index in [0.717, 1.165) is 28.6 Å². The van der Waals surface area contributed by atoms with E-state index < -0.39 is 35.3 Å². The number of ether oxygens (including phenoxy) is 1. The van der Waals surface area contributed by atoms with Gasteiger partial charge in [-0.1, -0.05) is 0 Å². The van der Waals surface area contributed by atoms with Gasteiger partial charge in [0.25, 0.3) is 17.7 Å². The largest absolute Gasteiger partial charge is 0.489 e. The lowest BCUT2D eigenvalue weighted by atomic mass is 9.92. The molecule has 4 aliphatic rings. The van der Waals surface area contributed by atoms with Crippen molar-refractivity contribution in [1.82, 2.24) is 39.5 Å². The van der Waals surface area contributed by atoms with Gasteiger partial charge in [-0.05, 0) is 63.4 Å². The number of rotatable bonds is 9. The Morgan fingerprint density at radius 1 is 1.05 bits per heavy atom. The number of nitrogens with zero attached hydrogens (tertiary/aromatic N) is 8. The van der Waals surface area contributed by atoms with Gasteiger partial charge in [0.1, 0.15) is 17.4 Å². The second-order valence-corrected chi connectivity index (χ2v) is 15.3. The van der Waals surface area contributed by atoms with Gasteiger partial charge < -0.3 is 15.0 Å². The van der Waals surface area contributed by atoms with E-state index in [1.807, 2.05) is 41.8 Å². The van der Waals surface area contributed by atoms with Gasteiger partial charge in [0, 0.05) is 61.8 Å². The maximum atomic E-state index is 16.0. The molecule has 2 aromatic carbocycles. The molecule has 288 valence electrons. The van der Waals surface area contributed by atoms with Crippen molar-refractivity contribution in [3.63, 3.8) is 0 Å². The number of halogens is 1. The number of benzene rings is 2. The van der Waals surface area contributed by atoms with Crippen LogP contribution in [0.5, 0.6) is 5.75 Å². The quantitative estimate of drug-likeness (QED) is 0.211. The Labute approximate surface area is 319 Å². The number of alkyl halides is 1. The highest BCUT2D eigenvalue weighted by molar-refractivity contribution is 6.23. The molecule has 3 saturated heterocycles. The van der Waals surface area contributed by atoms with Gasteiger partial charge in [0.2, 0.25) is 11.8 Å². The molecule has 0 aliphatic carbocycles. The molecule has 5 aromatic rings. The molecule has 0 saturated carbocycles. The molecule has 0 bridgehead atoms. The molecule has 16 nitrogen and oxygen atoms in total. The molecule has 5 amide bonds. The van der Waals surface area contributed by atoms with Gasteiger partial charge in [-0.2, -0.15) is 10.2 Å². The Balaban J connectivity index is 0.822. The van der Waals surface area contributed by atoms with E-state index in [-0.39, 0.29) is 61.7 Å². The lowest BCUT2D eigenvalue weighted by molar-refractivity contribution is -0.136. The van der Waals surface area contributed by atoms with Crippen molar-refractivity contribution in [3.8, 4) is 5.75 Å². The molecule has 3 aromatic heterocycles. The standard InChI is InChI=1S/C39H39FN10O6/c1-22(2)56-32-16-29-23(14-30(32)43-35(52)28-17-42-48-11-3-10-41-34(28)48)18-49(45-29)24-8-12-46(13-9-24)19-39(40)20-47(21-39)25-4-5-26-27(15-25)38(55)50(37(26)54)31-6-7-33(51)44-36(31)53/h3-5,10-11,14-18,22,24,31H,6-9,12-13,19-21H2,1-2H3,(H,43,52)(H,44,51,53). The molecule has 3 fully saturated rings. The van der Waals surface area contributed by atoms with Crippen molar-refractivity contribution in [1.29, 1.82) is 0 Å². The molecule has 4 aliphatic heterocycles. The molecule has 1 atom stereocenters. The normalized spacial score (nSPS) is 20.2. The molecular formula is C39H39FN10O6. The maximum Gasteiger partial charge on any atom is 0.262 e. The number of hydrogen-bond acceptors (Lipinski definition) is 11. The van der Waals surface area contributed by atoms with Crippen LogP contribution >= 0.6 is 0 Å². The number of amides is 5. The summed E-state index contributed by atoms with van der Waals surface area (Å²) in [5.74, 6) is -2.11. The molecular weight excluding hydrogens is 723 g/mol. The second kappa shape index (κ2) is 13.5. The van der Waals surface area contributed by atoms with E-state index in [1.54, 1.807) is 41.2 Å². The first kappa shape index (κ1) is 35.5. The van der Waals surface area contributed by atoms with Gasteiger partial charge in [0.05, 0.1) is 53.8 Å². The predicted molar refractivity (Wildman–Crippen MR) is 200 cm³/mol. The molecule has 7 heterocycles. The van der Waals surface area contributed by atoms with Crippen molar-refractivity contribution in [2.75, 3.05) is 42.9 Å². The van der Waals surface area contributed by atoms with Crippen LogP contribution in [-0.4, -0.2) is 114 Å². The van der Waals surface area contributed by atoms with Crippen molar-refractivity contribution in [3.05, 3.63) is 77.9 Å². The minimum Gasteiger partial charge on any atom is -0.489 e. The average molecular weight is 763 g/mol. The summed E-state index contributed by atoms with van der Waals surface area (Å²) in [7, 11) is 0. The second-order valence-electron chi connectivity index (χ2n) is 15.3. The van der Waals surface area contributed by atoms with Crippen molar-refractivity contribution >= 4 is 57.5 Å². The van der Waals surface area contributed by atoms with Gasteiger partial charge in [0.15, 0.2) is 11.3 Å². The molecule has 56 heavy (non-hydrogen) atoms. The maximum absolute atomic E-state index is 16.0. The van der Waals surface area contributed by atoms with E-state index in [0.29, 0.717) is 41.4 Å². The lowest BCUT2D eigenvalue weighted by Gasteiger charge is -2.48. The fourth-order valence-electron chi connectivity index (χ4n) is 8.20. The first-order valence-corrected chi connectivity index (χ1v) is 18.7. The number of carbonyl (C=O) groups is 5. The Morgan fingerprint density at radius 3 is 2.61 bits per heavy atom. The zero-order valence-corrected chi connectivity index (χ0v) is 30.8. The monoisotopic (exact) mass is 762 g/mol. The topological polar surface area (TPSA) is 176 Å². The van der Waals surface area contributed by atoms with Crippen LogP contribution in [0.1, 0.15) is 76.6 Å². The summed E-state index contributed by atoms with van der Waals surface area (Å²) in [6, 6.07) is 9.34. The van der Waals surface area contributed by atoms with Crippen LogP contribution in [0.25, 0.3) is 16.6 Å². The predicted octanol–water partition coefficient (Wildman–Crippen LogP) is 3.39. The number of imide groups is 2. The minimum atomic E-state index is -1.45. The third-order valence-electron chi connectivity index (χ3n) is 10.9. The highest BCUT2D eigenvalue weighted by atomic mass is 19.1. The van der Waals surface area contributed by atoms with E-state index in [4.69, 9.17) is 9.84 Å². The zero-order valence-electron chi connectivity index (χ0n) is 30.8. The van der Waals surface area contributed by atoms with E-state index in [1.165, 1.54) is 6.20 Å². The van der Waals surface area contributed by atoms with Gasteiger partial charge >= 0.3 is 0 Å². The number of aromatic nitrogens is 5. The number of fused-ring (bicyclic) bond motifs is 3. The Bertz CT molecular complexity index is 2450. The smallest absolute Gasteiger partial charge is 0.262 e. The summed E-state index contributed by atoms with van der Waals surface area (Å²) in [6.45, 7) is 5.76. The van der Waals surface area contributed by atoms with E-state index in [2.05, 4.69) is 25.6 Å². The number of piperidine rings is 2. The molecule has 17 heteroatoms. The number of nitrogens with one attached hydrogen (secondary N) is 2. The summed E-state index contributed by atoms with van der Waals surface area (Å²) >= 11 is 0. The molecule has 9 rings (SSSR count). The molecule has 0 radical (unpaired) electrons. The highest BCUT2D eigenvalue weighted by Crippen LogP contribution is 2.37. The number of hydrogen-bond donors (Lipinski definition) is 2. The summed E-state index contributed by atoms with van der Waals surface area (Å²) in [4.78, 5) is 72.9. The highest BCUT2D eigenvalue weighted by Gasteiger charge is 2.48. The zero-order chi connectivity index (χ0) is 38.9. The summed E-state index contributed by atoms with van der Waals surface area (Å²) < 4.78 is 25.6. The summed E-state index contributed by atoms with van der Waals surface area (Å²) in [5.41, 5.74) is 1.58. The SMILES string of the molecule is CC(C)Oc1cc2nn(C3CCN(CC4(F)CN(c5ccc6c(c5)C(=O)N(C5CCC(=O)NC5=O)C6=O)C4)CC3)cc2cc1NC(=O)c1cnn2cccnc12. The van der Waals surface area contributed by atoms with E-state index in [9.17, 15) is 24.0 Å². The fraction of sp³-hybridized carbons (Fsp3) is 0.385. The Hall–Kier alpha value is -6.23. The van der Waals surface area contributed by atoms with Crippen molar-refractivity contribution in [2.45, 2.75) is 63.4 Å². The Morgan fingerprint density at radius 2 is 1.84 bits per heavy atom. The van der Waals surface area contributed by atoms with Gasteiger partial charge in [-0.15, -0.1) is 0 Å². The van der Waals surface area contributed by atoms with E-state index >= 15 is 4.39 Å². The van der Waals surface area contributed by atoms with Crippen molar-refractivity contribution in [2.24, 2.45) is 0 Å². The summed E-state index contributed by atoms with van der Waals surface area (Å²) in [6.07, 6.45) is 8.33. The van der Waals surface area contributed by atoms with Crippen LogP contribution in [0.2, 0.25) is 0 Å². The number of anilines is 2. The van der Waals surface area contributed by atoms with Crippen LogP contribution in [0.3, 0.4) is 0 Å². The van der Waals surface area contributed by atoms with Crippen molar-refractivity contribution < 1.29 is 33.1 Å². The van der Waals surface area contributed by atoms with Gasteiger partial charge in [-0.3, -0.25) is 43.8 Å². The first-order valence-electron chi connectivity index (χ1n) is 18.7. The third-order valence-corrected chi connectivity index (χ3v) is 10.9. The fourth-order valence-corrected chi connectivity index (χ4v) is 8.20. The Kier molecular flexibility index (Phi) is 8.56. The molecule has 2 N–H and O–H groups in total. The molecule has 0 spiro atoms. The van der Waals surface area contributed by atoms with Crippen LogP contribution in [0.15, 0.2) is 61.2 Å². The first-order chi connectivity index (χ1) is 26.9. The minimum absolute atomic E-state index is 0.0443. The third kappa shape index (κ3) is 6.30. The van der Waals surface area contributed by atoms with Crippen LogP contribution in [-0.2, 0) is 9.59 Å². The lowest BCUT2D eigenvalue weighted by Crippen LogP contribution is -2.64. The van der Waals surface area contributed by atoms with Crippen LogP contribution in [0.4, 0.5) is 15.8 Å². The average Bonchev–Trinajstić information content (AvgIpc) is 3.85. The van der Waals surface area contributed by atoms with Crippen LogP contribution in [0, 0.1) is 0 Å².